The van der Waals surface area contributed by atoms with Crippen molar-refractivity contribution in [2.45, 2.75) is 62.9 Å². The lowest BCUT2D eigenvalue weighted by molar-refractivity contribution is -0.126. The SMILES string of the molecule is NC(=O)C1(NC2CCCCCC2)CCNCC1. The molecule has 4 nitrogen and oxygen atoms in total. The zero-order chi connectivity index (χ0) is 12.1. The third-order valence-corrected chi connectivity index (χ3v) is 4.26. The molecule has 0 spiro atoms. The molecule has 0 aromatic carbocycles. The van der Waals surface area contributed by atoms with E-state index in [-0.39, 0.29) is 5.91 Å². The standard InChI is InChI=1S/C13H25N3O/c14-12(17)13(7-9-15-10-8-13)16-11-5-3-1-2-4-6-11/h11,15-16H,1-10H2,(H2,14,17). The fraction of sp³-hybridized carbons (Fsp3) is 0.923. The van der Waals surface area contributed by atoms with Crippen molar-refractivity contribution in [3.8, 4) is 0 Å². The Hall–Kier alpha value is -0.610. The first-order chi connectivity index (χ1) is 8.23. The molecular weight excluding hydrogens is 214 g/mol. The van der Waals surface area contributed by atoms with Crippen molar-refractivity contribution in [1.82, 2.24) is 10.6 Å². The van der Waals surface area contributed by atoms with E-state index in [0.717, 1.165) is 25.9 Å². The molecule has 1 saturated heterocycles. The third-order valence-electron chi connectivity index (χ3n) is 4.26. The van der Waals surface area contributed by atoms with Gasteiger partial charge >= 0.3 is 0 Å². The highest BCUT2D eigenvalue weighted by Gasteiger charge is 2.39. The van der Waals surface area contributed by atoms with Gasteiger partial charge in [0.05, 0.1) is 0 Å². The van der Waals surface area contributed by atoms with Crippen LogP contribution in [0.3, 0.4) is 0 Å². The minimum Gasteiger partial charge on any atom is -0.368 e. The van der Waals surface area contributed by atoms with Gasteiger partial charge in [0.1, 0.15) is 5.54 Å². The van der Waals surface area contributed by atoms with E-state index in [4.69, 9.17) is 5.73 Å². The van der Waals surface area contributed by atoms with E-state index in [2.05, 4.69) is 10.6 Å². The van der Waals surface area contributed by atoms with E-state index in [1.165, 1.54) is 38.5 Å². The summed E-state index contributed by atoms with van der Waals surface area (Å²) in [5.41, 5.74) is 5.19. The Kier molecular flexibility index (Phi) is 4.40. The van der Waals surface area contributed by atoms with Gasteiger partial charge in [-0.2, -0.15) is 0 Å². The highest BCUT2D eigenvalue weighted by molar-refractivity contribution is 5.84. The Morgan fingerprint density at radius 1 is 1.12 bits per heavy atom. The number of carbonyl (C=O) groups is 1. The summed E-state index contributed by atoms with van der Waals surface area (Å²) >= 11 is 0. The fourth-order valence-corrected chi connectivity index (χ4v) is 3.13. The average molecular weight is 239 g/mol. The van der Waals surface area contributed by atoms with Crippen LogP contribution in [-0.2, 0) is 4.79 Å². The Balaban J connectivity index is 1.98. The van der Waals surface area contributed by atoms with Gasteiger partial charge in [-0.1, -0.05) is 25.7 Å². The Morgan fingerprint density at radius 3 is 2.24 bits per heavy atom. The minimum atomic E-state index is -0.444. The molecule has 0 radical (unpaired) electrons. The van der Waals surface area contributed by atoms with Crippen LogP contribution in [0.4, 0.5) is 0 Å². The quantitative estimate of drug-likeness (QED) is 0.641. The Labute approximate surface area is 104 Å². The topological polar surface area (TPSA) is 67.2 Å². The fourth-order valence-electron chi connectivity index (χ4n) is 3.13. The average Bonchev–Trinajstić information content (AvgIpc) is 2.59. The van der Waals surface area contributed by atoms with Crippen LogP contribution in [0.5, 0.6) is 0 Å². The van der Waals surface area contributed by atoms with Crippen molar-refractivity contribution >= 4 is 5.91 Å². The lowest BCUT2D eigenvalue weighted by Crippen LogP contribution is -2.62. The highest BCUT2D eigenvalue weighted by atomic mass is 16.1. The van der Waals surface area contributed by atoms with Crippen LogP contribution >= 0.6 is 0 Å². The molecule has 0 atom stereocenters. The van der Waals surface area contributed by atoms with Gasteiger partial charge in [0.2, 0.25) is 5.91 Å². The van der Waals surface area contributed by atoms with Gasteiger partial charge < -0.3 is 16.4 Å². The largest absolute Gasteiger partial charge is 0.368 e. The van der Waals surface area contributed by atoms with Gasteiger partial charge in [0.25, 0.3) is 0 Å². The van der Waals surface area contributed by atoms with Crippen LogP contribution in [-0.4, -0.2) is 30.6 Å². The number of rotatable bonds is 3. The maximum atomic E-state index is 11.8. The summed E-state index contributed by atoms with van der Waals surface area (Å²) in [5, 5.41) is 6.89. The number of nitrogens with two attached hydrogens (primary N) is 1. The molecule has 1 aliphatic carbocycles. The molecule has 4 heteroatoms. The summed E-state index contributed by atoms with van der Waals surface area (Å²) in [6.45, 7) is 1.78. The maximum absolute atomic E-state index is 11.8. The van der Waals surface area contributed by atoms with E-state index in [9.17, 15) is 4.79 Å². The Bertz CT molecular complexity index is 253. The number of piperidine rings is 1. The molecule has 4 N–H and O–H groups in total. The van der Waals surface area contributed by atoms with Crippen molar-refractivity contribution in [2.24, 2.45) is 5.73 Å². The van der Waals surface area contributed by atoms with Gasteiger partial charge in [-0.05, 0) is 38.8 Å². The smallest absolute Gasteiger partial charge is 0.237 e. The molecule has 98 valence electrons. The predicted octanol–water partition coefficient (Wildman–Crippen LogP) is 0.906. The van der Waals surface area contributed by atoms with Crippen LogP contribution < -0.4 is 16.4 Å². The van der Waals surface area contributed by atoms with Gasteiger partial charge in [-0.15, -0.1) is 0 Å². The normalized spacial score (nSPS) is 26.4. The number of amides is 1. The van der Waals surface area contributed by atoms with Crippen LogP contribution in [0.25, 0.3) is 0 Å². The van der Waals surface area contributed by atoms with E-state index < -0.39 is 5.54 Å². The molecule has 1 amide bonds. The van der Waals surface area contributed by atoms with E-state index >= 15 is 0 Å². The van der Waals surface area contributed by atoms with Crippen molar-refractivity contribution in [2.75, 3.05) is 13.1 Å². The summed E-state index contributed by atoms with van der Waals surface area (Å²) in [6.07, 6.45) is 9.30. The maximum Gasteiger partial charge on any atom is 0.237 e. The summed E-state index contributed by atoms with van der Waals surface area (Å²) in [6, 6.07) is 0.489. The van der Waals surface area contributed by atoms with Crippen molar-refractivity contribution in [3.05, 3.63) is 0 Å². The van der Waals surface area contributed by atoms with Crippen molar-refractivity contribution in [1.29, 1.82) is 0 Å². The minimum absolute atomic E-state index is 0.164. The molecule has 1 saturated carbocycles. The molecular formula is C13H25N3O. The van der Waals surface area contributed by atoms with Crippen LogP contribution in [0.15, 0.2) is 0 Å². The summed E-state index contributed by atoms with van der Waals surface area (Å²) in [5.74, 6) is -0.164. The molecule has 0 unspecified atom stereocenters. The number of nitrogens with one attached hydrogen (secondary N) is 2. The zero-order valence-corrected chi connectivity index (χ0v) is 10.6. The molecule has 2 aliphatic rings. The molecule has 17 heavy (non-hydrogen) atoms. The molecule has 0 aromatic heterocycles. The van der Waals surface area contributed by atoms with E-state index in [1.54, 1.807) is 0 Å². The summed E-state index contributed by atoms with van der Waals surface area (Å²) in [7, 11) is 0. The first-order valence-electron chi connectivity index (χ1n) is 7.01. The third kappa shape index (κ3) is 3.19. The number of hydrogen-bond donors (Lipinski definition) is 3. The number of carbonyl (C=O) groups excluding carboxylic acids is 1. The van der Waals surface area contributed by atoms with Crippen LogP contribution in [0, 0.1) is 0 Å². The second kappa shape index (κ2) is 5.83. The monoisotopic (exact) mass is 239 g/mol. The first-order valence-corrected chi connectivity index (χ1v) is 7.01. The van der Waals surface area contributed by atoms with Crippen molar-refractivity contribution in [3.63, 3.8) is 0 Å². The predicted molar refractivity (Wildman–Crippen MR) is 68.7 cm³/mol. The lowest BCUT2D eigenvalue weighted by Gasteiger charge is -2.38. The van der Waals surface area contributed by atoms with Crippen LogP contribution in [0.2, 0.25) is 0 Å². The lowest BCUT2D eigenvalue weighted by atomic mass is 9.86. The second-order valence-corrected chi connectivity index (χ2v) is 5.53. The van der Waals surface area contributed by atoms with Gasteiger partial charge in [0, 0.05) is 6.04 Å². The highest BCUT2D eigenvalue weighted by Crippen LogP contribution is 2.24. The molecule has 2 fully saturated rings. The Morgan fingerprint density at radius 2 is 1.71 bits per heavy atom. The first kappa shape index (κ1) is 12.8. The zero-order valence-electron chi connectivity index (χ0n) is 10.6. The van der Waals surface area contributed by atoms with Crippen LogP contribution in [0.1, 0.15) is 51.4 Å². The van der Waals surface area contributed by atoms with Gasteiger partial charge in [-0.3, -0.25) is 4.79 Å². The number of hydrogen-bond acceptors (Lipinski definition) is 3. The molecule has 1 heterocycles. The molecule has 1 aliphatic heterocycles. The van der Waals surface area contributed by atoms with E-state index in [1.807, 2.05) is 0 Å². The molecule has 2 rings (SSSR count). The van der Waals surface area contributed by atoms with Crippen molar-refractivity contribution < 1.29 is 4.79 Å². The molecule has 0 aromatic rings. The number of primary amides is 1. The summed E-state index contributed by atoms with van der Waals surface area (Å²) < 4.78 is 0. The second-order valence-electron chi connectivity index (χ2n) is 5.53. The van der Waals surface area contributed by atoms with Gasteiger partial charge in [0.15, 0.2) is 0 Å². The summed E-state index contributed by atoms with van der Waals surface area (Å²) in [4.78, 5) is 11.8. The molecule has 0 bridgehead atoms. The van der Waals surface area contributed by atoms with Gasteiger partial charge in [-0.25, -0.2) is 0 Å². The van der Waals surface area contributed by atoms with E-state index in [0.29, 0.717) is 6.04 Å².